The maximum Gasteiger partial charge on any atom is 0.435 e. The second-order valence-electron chi connectivity index (χ2n) is 5.40. The number of hydrogen-bond donors (Lipinski definition) is 2. The average molecular weight is 291 g/mol. The summed E-state index contributed by atoms with van der Waals surface area (Å²) in [7, 11) is 1.82. The Morgan fingerprint density at radius 2 is 2.30 bits per heavy atom. The molecule has 1 fully saturated rings. The first-order valence-electron chi connectivity index (χ1n) is 6.82. The molecule has 1 aliphatic rings. The predicted molar refractivity (Wildman–Crippen MR) is 68.1 cm³/mol. The van der Waals surface area contributed by atoms with Gasteiger partial charge in [0.15, 0.2) is 5.69 Å². The average Bonchev–Trinajstić information content (AvgIpc) is 3.02. The Labute approximate surface area is 116 Å². The molecule has 0 spiro atoms. The van der Waals surface area contributed by atoms with Crippen LogP contribution in [0.25, 0.3) is 0 Å². The molecule has 114 valence electrons. The van der Waals surface area contributed by atoms with Gasteiger partial charge in [0.2, 0.25) is 0 Å². The second kappa shape index (κ2) is 5.73. The number of aromatic nitrogens is 2. The van der Waals surface area contributed by atoms with Crippen LogP contribution in [0.2, 0.25) is 0 Å². The minimum atomic E-state index is -4.39. The van der Waals surface area contributed by atoms with Crippen molar-refractivity contribution in [2.75, 3.05) is 13.7 Å². The summed E-state index contributed by atoms with van der Waals surface area (Å²) < 4.78 is 38.7. The molecule has 2 N–H and O–H groups in total. The number of aryl methyl sites for hydroxylation is 1. The molecule has 0 radical (unpaired) electrons. The minimum Gasteiger partial charge on any atom is -0.394 e. The van der Waals surface area contributed by atoms with Gasteiger partial charge in [-0.05, 0) is 38.3 Å². The second-order valence-corrected chi connectivity index (χ2v) is 5.40. The van der Waals surface area contributed by atoms with Crippen LogP contribution in [-0.4, -0.2) is 34.1 Å². The zero-order valence-corrected chi connectivity index (χ0v) is 11.5. The summed E-state index contributed by atoms with van der Waals surface area (Å²) in [6.45, 7) is 0.491. The smallest absolute Gasteiger partial charge is 0.394 e. The highest BCUT2D eigenvalue weighted by molar-refractivity contribution is 5.03. The Morgan fingerprint density at radius 1 is 1.55 bits per heavy atom. The van der Waals surface area contributed by atoms with Crippen molar-refractivity contribution in [1.29, 1.82) is 0 Å². The van der Waals surface area contributed by atoms with Crippen LogP contribution >= 0.6 is 0 Å². The van der Waals surface area contributed by atoms with Crippen LogP contribution in [0.15, 0.2) is 12.3 Å². The third-order valence-electron chi connectivity index (χ3n) is 4.37. The summed E-state index contributed by atoms with van der Waals surface area (Å²) in [5.41, 5.74) is -1.15. The van der Waals surface area contributed by atoms with Crippen molar-refractivity contribution in [3.05, 3.63) is 18.0 Å². The van der Waals surface area contributed by atoms with Crippen LogP contribution in [0, 0.1) is 5.92 Å². The first-order chi connectivity index (χ1) is 9.41. The molecule has 0 bridgehead atoms. The van der Waals surface area contributed by atoms with Crippen LogP contribution in [0.5, 0.6) is 0 Å². The summed E-state index contributed by atoms with van der Waals surface area (Å²) in [5, 5.41) is 16.3. The van der Waals surface area contributed by atoms with E-state index in [0.717, 1.165) is 25.3 Å². The summed E-state index contributed by atoms with van der Waals surface area (Å²) in [6, 6.07) is 0.992. The summed E-state index contributed by atoms with van der Waals surface area (Å²) in [4.78, 5) is 0. The van der Waals surface area contributed by atoms with Crippen molar-refractivity contribution in [2.24, 2.45) is 5.92 Å². The van der Waals surface area contributed by atoms with E-state index in [2.05, 4.69) is 10.4 Å². The highest BCUT2D eigenvalue weighted by atomic mass is 19.4. The molecule has 20 heavy (non-hydrogen) atoms. The first kappa shape index (κ1) is 15.3. The van der Waals surface area contributed by atoms with E-state index in [-0.39, 0.29) is 18.1 Å². The van der Waals surface area contributed by atoms with Gasteiger partial charge in [0.1, 0.15) is 0 Å². The van der Waals surface area contributed by atoms with Gasteiger partial charge < -0.3 is 10.4 Å². The van der Waals surface area contributed by atoms with Crippen LogP contribution < -0.4 is 5.32 Å². The summed E-state index contributed by atoms with van der Waals surface area (Å²) in [5.74, 6) is 0.260. The fourth-order valence-electron chi connectivity index (χ4n) is 3.11. The first-order valence-corrected chi connectivity index (χ1v) is 6.82. The number of alkyl halides is 3. The van der Waals surface area contributed by atoms with Gasteiger partial charge in [0.05, 0.1) is 6.61 Å². The fourth-order valence-corrected chi connectivity index (χ4v) is 3.11. The molecule has 2 atom stereocenters. The Balaban J connectivity index is 1.97. The van der Waals surface area contributed by atoms with Crippen molar-refractivity contribution in [1.82, 2.24) is 15.1 Å². The number of hydrogen-bond acceptors (Lipinski definition) is 3. The predicted octanol–water partition coefficient (Wildman–Crippen LogP) is 2.04. The van der Waals surface area contributed by atoms with E-state index in [9.17, 15) is 18.3 Å². The molecule has 0 saturated heterocycles. The molecule has 2 unspecified atom stereocenters. The fraction of sp³-hybridized carbons (Fsp3) is 0.769. The third-order valence-corrected chi connectivity index (χ3v) is 4.37. The number of aliphatic hydroxyl groups excluding tert-OH is 1. The van der Waals surface area contributed by atoms with Crippen molar-refractivity contribution in [3.8, 4) is 0 Å². The van der Waals surface area contributed by atoms with Gasteiger partial charge in [0.25, 0.3) is 0 Å². The molecular formula is C13H20F3N3O. The number of halogens is 3. The molecule has 0 aromatic carbocycles. The number of nitrogens with one attached hydrogen (secondary N) is 1. The SMILES string of the molecule is CNC1(CO)CCCC1CCn1ccc(C(F)(F)F)n1. The van der Waals surface area contributed by atoms with E-state index in [1.807, 2.05) is 7.05 Å². The lowest BCUT2D eigenvalue weighted by atomic mass is 9.85. The van der Waals surface area contributed by atoms with Gasteiger partial charge in [0, 0.05) is 18.3 Å². The molecule has 1 heterocycles. The monoisotopic (exact) mass is 291 g/mol. The molecule has 1 aromatic heterocycles. The quantitative estimate of drug-likeness (QED) is 0.873. The number of likely N-dealkylation sites (N-methyl/N-ethyl adjacent to an activating group) is 1. The normalized spacial score (nSPS) is 27.1. The lowest BCUT2D eigenvalue weighted by Gasteiger charge is -2.33. The molecule has 1 saturated carbocycles. The topological polar surface area (TPSA) is 50.1 Å². The van der Waals surface area contributed by atoms with E-state index in [1.165, 1.54) is 10.9 Å². The summed E-state index contributed by atoms with van der Waals surface area (Å²) >= 11 is 0. The van der Waals surface area contributed by atoms with E-state index in [4.69, 9.17) is 0 Å². The molecule has 0 aliphatic heterocycles. The van der Waals surface area contributed by atoms with Crippen molar-refractivity contribution < 1.29 is 18.3 Å². The largest absolute Gasteiger partial charge is 0.435 e. The summed E-state index contributed by atoms with van der Waals surface area (Å²) in [6.07, 6.45) is 0.585. The maximum absolute atomic E-state index is 12.5. The number of nitrogens with zero attached hydrogens (tertiary/aromatic N) is 2. The Morgan fingerprint density at radius 3 is 2.85 bits per heavy atom. The molecule has 7 heteroatoms. The molecular weight excluding hydrogens is 271 g/mol. The minimum absolute atomic E-state index is 0.0566. The van der Waals surface area contributed by atoms with E-state index >= 15 is 0 Å². The van der Waals surface area contributed by atoms with Gasteiger partial charge in [-0.2, -0.15) is 18.3 Å². The lowest BCUT2D eigenvalue weighted by Crippen LogP contribution is -2.49. The number of rotatable bonds is 5. The molecule has 1 aliphatic carbocycles. The zero-order valence-electron chi connectivity index (χ0n) is 11.5. The highest BCUT2D eigenvalue weighted by Crippen LogP contribution is 2.37. The van der Waals surface area contributed by atoms with Crippen LogP contribution in [0.3, 0.4) is 0 Å². The van der Waals surface area contributed by atoms with Gasteiger partial charge in [-0.25, -0.2) is 0 Å². The number of aliphatic hydroxyl groups is 1. The van der Waals surface area contributed by atoms with Gasteiger partial charge >= 0.3 is 6.18 Å². The Kier molecular flexibility index (Phi) is 4.39. The molecule has 1 aromatic rings. The van der Waals surface area contributed by atoms with Crippen LogP contribution in [-0.2, 0) is 12.7 Å². The van der Waals surface area contributed by atoms with Crippen molar-refractivity contribution >= 4 is 0 Å². The van der Waals surface area contributed by atoms with Crippen LogP contribution in [0.1, 0.15) is 31.4 Å². The lowest BCUT2D eigenvalue weighted by molar-refractivity contribution is -0.141. The van der Waals surface area contributed by atoms with Gasteiger partial charge in [-0.3, -0.25) is 4.68 Å². The Bertz CT molecular complexity index is 440. The van der Waals surface area contributed by atoms with E-state index < -0.39 is 11.9 Å². The Hall–Kier alpha value is -1.08. The van der Waals surface area contributed by atoms with Crippen LogP contribution in [0.4, 0.5) is 13.2 Å². The van der Waals surface area contributed by atoms with E-state index in [0.29, 0.717) is 13.0 Å². The standard InChI is InChI=1S/C13H20F3N3O/c1-17-12(9-20)6-2-3-10(12)4-7-19-8-5-11(18-19)13(14,15)16/h5,8,10,17,20H,2-4,6-7,9H2,1H3. The maximum atomic E-state index is 12.5. The van der Waals surface area contributed by atoms with E-state index in [1.54, 1.807) is 0 Å². The highest BCUT2D eigenvalue weighted by Gasteiger charge is 2.40. The zero-order chi connectivity index (χ0) is 14.8. The van der Waals surface area contributed by atoms with Crippen molar-refractivity contribution in [2.45, 2.75) is 43.9 Å². The molecule has 0 amide bonds. The van der Waals surface area contributed by atoms with Gasteiger partial charge in [-0.1, -0.05) is 6.42 Å². The molecule has 2 rings (SSSR count). The third kappa shape index (κ3) is 2.98. The van der Waals surface area contributed by atoms with Crippen molar-refractivity contribution in [3.63, 3.8) is 0 Å². The van der Waals surface area contributed by atoms with Gasteiger partial charge in [-0.15, -0.1) is 0 Å². The molecule has 4 nitrogen and oxygen atoms in total.